The quantitative estimate of drug-likeness (QED) is 0.634. The topological polar surface area (TPSA) is 74.8 Å². The van der Waals surface area contributed by atoms with Gasteiger partial charge in [0.1, 0.15) is 8.42 Å². The summed E-state index contributed by atoms with van der Waals surface area (Å²) >= 11 is 0.808. The van der Waals surface area contributed by atoms with Gasteiger partial charge in [0.05, 0.1) is 5.25 Å². The van der Waals surface area contributed by atoms with Gasteiger partial charge in [-0.15, -0.1) is 11.3 Å². The summed E-state index contributed by atoms with van der Waals surface area (Å²) in [5.41, 5.74) is 2.00. The van der Waals surface area contributed by atoms with Crippen LogP contribution in [-0.4, -0.2) is 48.3 Å². The van der Waals surface area contributed by atoms with E-state index in [0.717, 1.165) is 52.8 Å². The van der Waals surface area contributed by atoms with Gasteiger partial charge in [0.25, 0.3) is 10.0 Å². The van der Waals surface area contributed by atoms with Crippen LogP contribution in [0.25, 0.3) is 0 Å². The molecule has 2 heterocycles. The number of para-hydroxylation sites is 1. The number of sulfonamides is 1. The third-order valence-corrected chi connectivity index (χ3v) is 11.9. The van der Waals surface area contributed by atoms with Gasteiger partial charge in [0.15, 0.2) is 9.84 Å². The predicted octanol–water partition coefficient (Wildman–Crippen LogP) is 4.16. The second kappa shape index (κ2) is 8.26. The van der Waals surface area contributed by atoms with E-state index in [1.54, 1.807) is 6.92 Å². The summed E-state index contributed by atoms with van der Waals surface area (Å²) in [5.74, 6) is 0. The highest BCUT2D eigenvalue weighted by Gasteiger charge is 2.33. The van der Waals surface area contributed by atoms with Gasteiger partial charge in [-0.1, -0.05) is 32.0 Å². The Morgan fingerprint density at radius 3 is 2.13 bits per heavy atom. The van der Waals surface area contributed by atoms with E-state index in [4.69, 9.17) is 0 Å². The highest BCUT2D eigenvalue weighted by Crippen LogP contribution is 2.40. The lowest BCUT2D eigenvalue weighted by atomic mass is 9.82. The molecule has 3 rings (SSSR count). The van der Waals surface area contributed by atoms with Crippen molar-refractivity contribution in [2.45, 2.75) is 47.3 Å². The Morgan fingerprint density at radius 2 is 1.53 bits per heavy atom. The molecule has 6 nitrogen and oxygen atoms in total. The zero-order valence-corrected chi connectivity index (χ0v) is 20.6. The summed E-state index contributed by atoms with van der Waals surface area (Å²) in [4.78, 5) is 2.27. The molecule has 0 saturated carbocycles. The Labute approximate surface area is 184 Å². The van der Waals surface area contributed by atoms with Crippen LogP contribution in [-0.2, 0) is 19.9 Å². The predicted molar refractivity (Wildman–Crippen MR) is 122 cm³/mol. The maximum atomic E-state index is 13.4. The Hall–Kier alpha value is -1.42. The fraction of sp³-hybridized carbons (Fsp3) is 0.524. The monoisotopic (exact) mass is 470 g/mol. The highest BCUT2D eigenvalue weighted by atomic mass is 32.3. The normalized spacial score (nSPS) is 18.5. The van der Waals surface area contributed by atoms with Gasteiger partial charge in [-0.2, -0.15) is 0 Å². The third kappa shape index (κ3) is 4.44. The molecule has 0 spiro atoms. The van der Waals surface area contributed by atoms with Crippen molar-refractivity contribution in [1.82, 2.24) is 4.31 Å². The molecule has 2 aromatic rings. The minimum absolute atomic E-state index is 0.0322. The third-order valence-electron chi connectivity index (χ3n) is 5.87. The van der Waals surface area contributed by atoms with Crippen LogP contribution in [0.4, 0.5) is 5.69 Å². The summed E-state index contributed by atoms with van der Waals surface area (Å²) in [6, 6.07) is 10.4. The molecule has 1 unspecified atom stereocenters. The Bertz CT molecular complexity index is 1110. The van der Waals surface area contributed by atoms with E-state index in [0.29, 0.717) is 5.41 Å². The zero-order chi connectivity index (χ0) is 22.3. The van der Waals surface area contributed by atoms with Crippen LogP contribution in [0.15, 0.2) is 44.8 Å². The van der Waals surface area contributed by atoms with Crippen LogP contribution in [0.2, 0.25) is 0 Å². The molecule has 1 saturated heterocycles. The summed E-state index contributed by atoms with van der Waals surface area (Å²) < 4.78 is 52.6. The number of rotatable bonds is 6. The Kier molecular flexibility index (Phi) is 6.40. The molecular weight excluding hydrogens is 440 g/mol. The van der Waals surface area contributed by atoms with Crippen molar-refractivity contribution in [2.75, 3.05) is 32.1 Å². The molecule has 0 amide bonds. The molecule has 1 aromatic carbocycles. The molecular formula is C21H30N2O4S3. The molecule has 1 fully saturated rings. The first-order valence-corrected chi connectivity index (χ1v) is 13.8. The van der Waals surface area contributed by atoms with E-state index in [1.165, 1.54) is 26.2 Å². The summed E-state index contributed by atoms with van der Waals surface area (Å²) in [6.45, 7) is 7.99. The molecule has 9 heteroatoms. The van der Waals surface area contributed by atoms with Crippen LogP contribution < -0.4 is 4.90 Å². The minimum atomic E-state index is -3.73. The van der Waals surface area contributed by atoms with E-state index in [-0.39, 0.29) is 8.42 Å². The average molecular weight is 471 g/mol. The maximum Gasteiger partial charge on any atom is 0.252 e. The first-order chi connectivity index (χ1) is 13.9. The molecule has 1 aliphatic heterocycles. The van der Waals surface area contributed by atoms with E-state index in [2.05, 4.69) is 18.7 Å². The number of hydrogen-bond acceptors (Lipinski definition) is 6. The van der Waals surface area contributed by atoms with Crippen LogP contribution in [0.3, 0.4) is 0 Å². The van der Waals surface area contributed by atoms with Crippen LogP contribution in [0.1, 0.15) is 44.4 Å². The van der Waals surface area contributed by atoms with E-state index in [1.807, 2.05) is 24.3 Å². The molecule has 0 bridgehead atoms. The van der Waals surface area contributed by atoms with Gasteiger partial charge < -0.3 is 4.90 Å². The van der Waals surface area contributed by atoms with Crippen LogP contribution >= 0.6 is 11.3 Å². The van der Waals surface area contributed by atoms with Crippen molar-refractivity contribution in [3.05, 3.63) is 42.0 Å². The zero-order valence-electron chi connectivity index (χ0n) is 18.1. The molecule has 0 N–H and O–H groups in total. The number of piperidine rings is 1. The molecule has 1 aromatic heterocycles. The summed E-state index contributed by atoms with van der Waals surface area (Å²) in [7, 11) is -4.53. The lowest BCUT2D eigenvalue weighted by Crippen LogP contribution is -2.38. The Balaban J connectivity index is 1.94. The van der Waals surface area contributed by atoms with E-state index >= 15 is 0 Å². The van der Waals surface area contributed by atoms with Crippen molar-refractivity contribution < 1.29 is 16.8 Å². The molecule has 1 atom stereocenters. The highest BCUT2D eigenvalue weighted by molar-refractivity contribution is 7.95. The Morgan fingerprint density at radius 1 is 0.967 bits per heavy atom. The number of thiophene rings is 1. The first-order valence-electron chi connectivity index (χ1n) is 9.96. The average Bonchev–Trinajstić information content (AvgIpc) is 3.19. The summed E-state index contributed by atoms with van der Waals surface area (Å²) in [5, 5.41) is -0.780. The van der Waals surface area contributed by atoms with Crippen molar-refractivity contribution >= 4 is 36.9 Å². The summed E-state index contributed by atoms with van der Waals surface area (Å²) in [6.07, 6.45) is 2.11. The number of sulfone groups is 1. The van der Waals surface area contributed by atoms with Gasteiger partial charge in [-0.3, -0.25) is 0 Å². The largest absolute Gasteiger partial charge is 0.371 e. The van der Waals surface area contributed by atoms with Crippen molar-refractivity contribution in [1.29, 1.82) is 0 Å². The second-order valence-electron chi connectivity index (χ2n) is 8.76. The SMILES string of the molecule is CC(c1ccccc1N1CCC(C)(C)CC1)S(=O)(=O)c1ccc(S(=O)(=O)N(C)C)s1. The minimum Gasteiger partial charge on any atom is -0.371 e. The molecule has 0 aliphatic carbocycles. The van der Waals surface area contributed by atoms with Gasteiger partial charge in [-0.25, -0.2) is 21.1 Å². The molecule has 1 aliphatic rings. The van der Waals surface area contributed by atoms with Crippen molar-refractivity contribution in [3.8, 4) is 0 Å². The van der Waals surface area contributed by atoms with Gasteiger partial charge in [0, 0.05) is 32.9 Å². The van der Waals surface area contributed by atoms with E-state index < -0.39 is 25.1 Å². The van der Waals surface area contributed by atoms with Crippen LogP contribution in [0.5, 0.6) is 0 Å². The second-order valence-corrected chi connectivity index (χ2v) is 14.7. The number of nitrogens with zero attached hydrogens (tertiary/aromatic N) is 2. The first kappa shape index (κ1) is 23.2. The fourth-order valence-corrected chi connectivity index (χ4v) is 8.26. The van der Waals surface area contributed by atoms with E-state index in [9.17, 15) is 16.8 Å². The maximum absolute atomic E-state index is 13.4. The fourth-order valence-electron chi connectivity index (χ4n) is 3.59. The number of hydrogen-bond donors (Lipinski definition) is 0. The van der Waals surface area contributed by atoms with Gasteiger partial charge in [0.2, 0.25) is 0 Å². The molecule has 0 radical (unpaired) electrons. The van der Waals surface area contributed by atoms with Crippen molar-refractivity contribution in [3.63, 3.8) is 0 Å². The van der Waals surface area contributed by atoms with Crippen LogP contribution in [0, 0.1) is 5.41 Å². The number of benzene rings is 1. The smallest absolute Gasteiger partial charge is 0.252 e. The lowest BCUT2D eigenvalue weighted by Gasteiger charge is -2.39. The standard InChI is InChI=1S/C21H30N2O4S3/c1-16(29(24,25)19-10-11-20(28-19)30(26,27)22(4)5)17-8-6-7-9-18(17)23-14-12-21(2,3)13-15-23/h6-11,16H,12-15H2,1-5H3. The number of anilines is 1. The van der Waals surface area contributed by atoms with Gasteiger partial charge in [-0.05, 0) is 48.9 Å². The molecule has 166 valence electrons. The molecule has 30 heavy (non-hydrogen) atoms. The van der Waals surface area contributed by atoms with Gasteiger partial charge >= 0.3 is 0 Å². The lowest BCUT2D eigenvalue weighted by molar-refractivity contribution is 0.279. The van der Waals surface area contributed by atoms with Crippen molar-refractivity contribution in [2.24, 2.45) is 5.41 Å².